The predicted octanol–water partition coefficient (Wildman–Crippen LogP) is 3.09. The number of hydrogen-bond donors (Lipinski definition) is 2. The third-order valence-electron chi connectivity index (χ3n) is 4.23. The Bertz CT molecular complexity index is 668. The number of rotatable bonds is 2. The van der Waals surface area contributed by atoms with Gasteiger partial charge in [-0.25, -0.2) is 4.39 Å². The summed E-state index contributed by atoms with van der Waals surface area (Å²) in [4.78, 5) is 0. The molecule has 0 heterocycles. The van der Waals surface area contributed by atoms with Gasteiger partial charge in [0.1, 0.15) is 5.82 Å². The number of fused-ring (bicyclic) bond motifs is 1. The molecule has 3 heteroatoms. The summed E-state index contributed by atoms with van der Waals surface area (Å²) >= 11 is 0. The fraction of sp³-hybridized carbons (Fsp3) is 0.294. The fourth-order valence-electron chi connectivity index (χ4n) is 3.08. The smallest absolute Gasteiger partial charge is 0.123 e. The van der Waals surface area contributed by atoms with E-state index in [1.165, 1.54) is 12.1 Å². The molecule has 1 atom stereocenters. The molecule has 0 spiro atoms. The van der Waals surface area contributed by atoms with E-state index in [0.29, 0.717) is 12.8 Å². The third kappa shape index (κ3) is 2.18. The van der Waals surface area contributed by atoms with Gasteiger partial charge in [-0.15, -0.1) is 0 Å². The summed E-state index contributed by atoms with van der Waals surface area (Å²) in [6.45, 7) is 1.94. The van der Waals surface area contributed by atoms with Crippen LogP contribution in [0.3, 0.4) is 0 Å². The molecule has 0 fully saturated rings. The second kappa shape index (κ2) is 4.60. The van der Waals surface area contributed by atoms with Gasteiger partial charge < -0.3 is 10.8 Å². The number of aliphatic hydroxyl groups is 1. The monoisotopic (exact) mass is 271 g/mol. The number of nitrogens with two attached hydrogens (primary N) is 1. The highest BCUT2D eigenvalue weighted by molar-refractivity contribution is 5.49. The van der Waals surface area contributed by atoms with Crippen molar-refractivity contribution in [2.45, 2.75) is 31.8 Å². The highest BCUT2D eigenvalue weighted by Gasteiger charge is 2.37. The lowest BCUT2D eigenvalue weighted by Gasteiger charge is -2.25. The lowest BCUT2D eigenvalue weighted by molar-refractivity contribution is 0.0387. The molecular formula is C17H18FNO. The van der Waals surface area contributed by atoms with Crippen LogP contribution >= 0.6 is 0 Å². The van der Waals surface area contributed by atoms with Gasteiger partial charge in [-0.2, -0.15) is 0 Å². The van der Waals surface area contributed by atoms with Gasteiger partial charge in [-0.3, -0.25) is 0 Å². The minimum Gasteiger partial charge on any atom is -0.399 e. The topological polar surface area (TPSA) is 46.2 Å². The van der Waals surface area contributed by atoms with Crippen LogP contribution in [0.25, 0.3) is 0 Å². The van der Waals surface area contributed by atoms with Crippen molar-refractivity contribution in [3.8, 4) is 0 Å². The number of aryl methyl sites for hydroxylation is 2. The molecule has 0 aliphatic heterocycles. The van der Waals surface area contributed by atoms with Gasteiger partial charge in [-0.1, -0.05) is 12.1 Å². The average molecular weight is 271 g/mol. The number of hydrogen-bond acceptors (Lipinski definition) is 2. The van der Waals surface area contributed by atoms with Crippen LogP contribution in [0, 0.1) is 12.7 Å². The SMILES string of the molecule is Cc1ccc(F)cc1CC1(O)CCc2cc(N)ccc21. The molecule has 2 aromatic rings. The molecule has 1 unspecified atom stereocenters. The van der Waals surface area contributed by atoms with Gasteiger partial charge in [0.05, 0.1) is 5.60 Å². The molecule has 20 heavy (non-hydrogen) atoms. The molecule has 0 amide bonds. The van der Waals surface area contributed by atoms with Crippen molar-refractivity contribution in [2.75, 3.05) is 5.73 Å². The maximum atomic E-state index is 13.4. The Morgan fingerprint density at radius 3 is 2.85 bits per heavy atom. The number of halogens is 1. The van der Waals surface area contributed by atoms with E-state index in [0.717, 1.165) is 34.4 Å². The third-order valence-corrected chi connectivity index (χ3v) is 4.23. The van der Waals surface area contributed by atoms with Crippen LogP contribution in [0.1, 0.15) is 28.7 Å². The van der Waals surface area contributed by atoms with Gasteiger partial charge in [-0.05, 0) is 66.3 Å². The van der Waals surface area contributed by atoms with E-state index in [-0.39, 0.29) is 5.82 Å². The number of anilines is 1. The fourth-order valence-corrected chi connectivity index (χ4v) is 3.08. The van der Waals surface area contributed by atoms with E-state index >= 15 is 0 Å². The first kappa shape index (κ1) is 13.1. The molecule has 0 saturated carbocycles. The maximum Gasteiger partial charge on any atom is 0.123 e. The highest BCUT2D eigenvalue weighted by atomic mass is 19.1. The normalized spacial score (nSPS) is 20.9. The minimum atomic E-state index is -0.915. The molecule has 2 aromatic carbocycles. The van der Waals surface area contributed by atoms with Crippen molar-refractivity contribution in [1.29, 1.82) is 0 Å². The zero-order valence-electron chi connectivity index (χ0n) is 11.5. The molecule has 2 nitrogen and oxygen atoms in total. The molecule has 0 aromatic heterocycles. The molecule has 3 rings (SSSR count). The zero-order valence-corrected chi connectivity index (χ0v) is 11.5. The van der Waals surface area contributed by atoms with Gasteiger partial charge >= 0.3 is 0 Å². The van der Waals surface area contributed by atoms with E-state index in [1.807, 2.05) is 25.1 Å². The standard InChI is InChI=1S/C17H18FNO/c1-11-2-3-14(18)8-13(11)10-17(20)7-6-12-9-15(19)4-5-16(12)17/h2-5,8-9,20H,6-7,10,19H2,1H3. The van der Waals surface area contributed by atoms with Crippen LogP contribution in [0.15, 0.2) is 36.4 Å². The Morgan fingerprint density at radius 1 is 1.25 bits per heavy atom. The van der Waals surface area contributed by atoms with Gasteiger partial charge in [0, 0.05) is 12.1 Å². The van der Waals surface area contributed by atoms with Gasteiger partial charge in [0.25, 0.3) is 0 Å². The molecular weight excluding hydrogens is 253 g/mol. The predicted molar refractivity (Wildman–Crippen MR) is 77.9 cm³/mol. The van der Waals surface area contributed by atoms with Crippen LogP contribution < -0.4 is 5.73 Å². The average Bonchev–Trinajstić information content (AvgIpc) is 2.71. The van der Waals surface area contributed by atoms with Crippen LogP contribution in [0.4, 0.5) is 10.1 Å². The van der Waals surface area contributed by atoms with Crippen molar-refractivity contribution < 1.29 is 9.50 Å². The summed E-state index contributed by atoms with van der Waals surface area (Å²) in [6.07, 6.45) is 1.90. The number of benzene rings is 2. The summed E-state index contributed by atoms with van der Waals surface area (Å²) in [5.74, 6) is -0.260. The van der Waals surface area contributed by atoms with E-state index < -0.39 is 5.60 Å². The van der Waals surface area contributed by atoms with Crippen LogP contribution in [0.5, 0.6) is 0 Å². The molecule has 1 aliphatic rings. The molecule has 104 valence electrons. The first-order chi connectivity index (χ1) is 9.48. The van der Waals surface area contributed by atoms with Crippen molar-refractivity contribution in [2.24, 2.45) is 0 Å². The first-order valence-electron chi connectivity index (χ1n) is 6.84. The quantitative estimate of drug-likeness (QED) is 0.824. The highest BCUT2D eigenvalue weighted by Crippen LogP contribution is 2.40. The Balaban J connectivity index is 1.98. The van der Waals surface area contributed by atoms with E-state index in [2.05, 4.69) is 0 Å². The van der Waals surface area contributed by atoms with Crippen molar-refractivity contribution in [3.05, 3.63) is 64.5 Å². The summed E-state index contributed by atoms with van der Waals surface area (Å²) in [5.41, 5.74) is 9.47. The zero-order chi connectivity index (χ0) is 14.3. The van der Waals surface area contributed by atoms with Crippen LogP contribution in [-0.4, -0.2) is 5.11 Å². The summed E-state index contributed by atoms with van der Waals surface area (Å²) in [7, 11) is 0. The Hall–Kier alpha value is -1.87. The van der Waals surface area contributed by atoms with Crippen LogP contribution in [0.2, 0.25) is 0 Å². The molecule has 0 radical (unpaired) electrons. The van der Waals surface area contributed by atoms with Gasteiger partial charge in [0.2, 0.25) is 0 Å². The molecule has 0 bridgehead atoms. The minimum absolute atomic E-state index is 0.260. The second-order valence-corrected chi connectivity index (χ2v) is 5.70. The lowest BCUT2D eigenvalue weighted by atomic mass is 9.87. The van der Waals surface area contributed by atoms with Gasteiger partial charge in [0.15, 0.2) is 0 Å². The maximum absolute atomic E-state index is 13.4. The second-order valence-electron chi connectivity index (χ2n) is 5.70. The van der Waals surface area contributed by atoms with Crippen LogP contribution in [-0.2, 0) is 18.4 Å². The van der Waals surface area contributed by atoms with Crippen molar-refractivity contribution >= 4 is 5.69 Å². The van der Waals surface area contributed by atoms with Crippen molar-refractivity contribution in [1.82, 2.24) is 0 Å². The van der Waals surface area contributed by atoms with E-state index in [4.69, 9.17) is 5.73 Å². The Kier molecular flexibility index (Phi) is 3.02. The van der Waals surface area contributed by atoms with E-state index in [1.54, 1.807) is 6.07 Å². The molecule has 3 N–H and O–H groups in total. The summed E-state index contributed by atoms with van der Waals surface area (Å²) in [6, 6.07) is 10.4. The molecule has 1 aliphatic carbocycles. The first-order valence-corrected chi connectivity index (χ1v) is 6.84. The largest absolute Gasteiger partial charge is 0.399 e. The van der Waals surface area contributed by atoms with Crippen molar-refractivity contribution in [3.63, 3.8) is 0 Å². The van der Waals surface area contributed by atoms with E-state index in [9.17, 15) is 9.50 Å². The lowest BCUT2D eigenvalue weighted by Crippen LogP contribution is -2.25. The Morgan fingerprint density at radius 2 is 2.05 bits per heavy atom. The number of nitrogen functional groups attached to an aromatic ring is 1. The molecule has 0 saturated heterocycles. The Labute approximate surface area is 118 Å². The summed E-state index contributed by atoms with van der Waals surface area (Å²) < 4.78 is 13.4. The summed E-state index contributed by atoms with van der Waals surface area (Å²) in [5, 5.41) is 10.9.